The van der Waals surface area contributed by atoms with E-state index in [1.165, 1.54) is 0 Å². The van der Waals surface area contributed by atoms with Gasteiger partial charge in [-0.05, 0) is 29.8 Å². The molecular formula is C15H12BrN3O. The number of benzene rings is 2. The van der Waals surface area contributed by atoms with Crippen molar-refractivity contribution in [3.63, 3.8) is 0 Å². The molecule has 0 saturated carbocycles. The van der Waals surface area contributed by atoms with Gasteiger partial charge in [0.2, 0.25) is 0 Å². The molecule has 3 rings (SSSR count). The van der Waals surface area contributed by atoms with Crippen LogP contribution in [0.25, 0.3) is 10.9 Å². The van der Waals surface area contributed by atoms with Crippen molar-refractivity contribution < 1.29 is 0 Å². The quantitative estimate of drug-likeness (QED) is 0.735. The van der Waals surface area contributed by atoms with Gasteiger partial charge in [-0.1, -0.05) is 34.1 Å². The monoisotopic (exact) mass is 329 g/mol. The van der Waals surface area contributed by atoms with Gasteiger partial charge in [-0.2, -0.15) is 0 Å². The van der Waals surface area contributed by atoms with E-state index in [0.717, 1.165) is 10.0 Å². The third kappa shape index (κ3) is 2.32. The molecule has 4 nitrogen and oxygen atoms in total. The second kappa shape index (κ2) is 5.09. The van der Waals surface area contributed by atoms with Crippen LogP contribution >= 0.6 is 15.9 Å². The van der Waals surface area contributed by atoms with Crippen LogP contribution in [-0.2, 0) is 6.54 Å². The Morgan fingerprint density at radius 2 is 2.00 bits per heavy atom. The van der Waals surface area contributed by atoms with Crippen LogP contribution in [-0.4, -0.2) is 9.55 Å². The van der Waals surface area contributed by atoms with Crippen LogP contribution in [0.5, 0.6) is 0 Å². The zero-order valence-electron chi connectivity index (χ0n) is 10.6. The van der Waals surface area contributed by atoms with E-state index in [0.29, 0.717) is 23.1 Å². The number of nitrogens with zero attached hydrogens (tertiary/aromatic N) is 2. The summed E-state index contributed by atoms with van der Waals surface area (Å²) in [5.74, 6) is 0. The Kier molecular flexibility index (Phi) is 3.28. The second-order valence-electron chi connectivity index (χ2n) is 4.55. The standard InChI is InChI=1S/C15H12BrN3O/c16-13-7-11(17)6-5-10(13)8-19-9-18-14-4-2-1-3-12(14)15(19)20/h1-7,9H,8,17H2. The van der Waals surface area contributed by atoms with Crippen molar-refractivity contribution in [2.75, 3.05) is 5.73 Å². The van der Waals surface area contributed by atoms with Crippen LogP contribution < -0.4 is 11.3 Å². The summed E-state index contributed by atoms with van der Waals surface area (Å²) in [5.41, 5.74) is 8.05. The summed E-state index contributed by atoms with van der Waals surface area (Å²) in [4.78, 5) is 16.7. The van der Waals surface area contributed by atoms with Crippen molar-refractivity contribution in [2.45, 2.75) is 6.54 Å². The number of nitrogen functional groups attached to an aromatic ring is 1. The zero-order valence-corrected chi connectivity index (χ0v) is 12.2. The summed E-state index contributed by atoms with van der Waals surface area (Å²) >= 11 is 3.46. The van der Waals surface area contributed by atoms with Crippen LogP contribution in [0.15, 0.2) is 58.1 Å². The van der Waals surface area contributed by atoms with E-state index in [9.17, 15) is 4.79 Å². The average molecular weight is 330 g/mol. The molecule has 0 aliphatic heterocycles. The molecule has 2 N–H and O–H groups in total. The summed E-state index contributed by atoms with van der Waals surface area (Å²) in [5, 5.41) is 0.626. The van der Waals surface area contributed by atoms with Gasteiger partial charge >= 0.3 is 0 Å². The van der Waals surface area contributed by atoms with E-state index in [2.05, 4.69) is 20.9 Å². The van der Waals surface area contributed by atoms with Crippen molar-refractivity contribution in [3.05, 3.63) is 69.2 Å². The van der Waals surface area contributed by atoms with Gasteiger partial charge in [-0.3, -0.25) is 9.36 Å². The predicted octanol–water partition coefficient (Wildman–Crippen LogP) is 2.79. The first kappa shape index (κ1) is 12.9. The highest BCUT2D eigenvalue weighted by Crippen LogP contribution is 2.20. The minimum atomic E-state index is -0.0423. The van der Waals surface area contributed by atoms with Gasteiger partial charge in [-0.25, -0.2) is 4.98 Å². The summed E-state index contributed by atoms with van der Waals surface area (Å²) in [6.07, 6.45) is 1.58. The molecule has 0 atom stereocenters. The molecule has 0 saturated heterocycles. The second-order valence-corrected chi connectivity index (χ2v) is 5.40. The van der Waals surface area contributed by atoms with E-state index in [4.69, 9.17) is 5.73 Å². The van der Waals surface area contributed by atoms with Crippen LogP contribution in [0.3, 0.4) is 0 Å². The fourth-order valence-corrected chi connectivity index (χ4v) is 2.62. The fraction of sp³-hybridized carbons (Fsp3) is 0.0667. The summed E-state index contributed by atoms with van der Waals surface area (Å²) in [6.45, 7) is 0.456. The molecule has 3 aromatic rings. The largest absolute Gasteiger partial charge is 0.399 e. The third-order valence-electron chi connectivity index (χ3n) is 3.15. The minimum Gasteiger partial charge on any atom is -0.399 e. The number of hydrogen-bond donors (Lipinski definition) is 1. The number of nitrogens with two attached hydrogens (primary N) is 1. The normalized spacial score (nSPS) is 10.8. The van der Waals surface area contributed by atoms with E-state index < -0.39 is 0 Å². The lowest BCUT2D eigenvalue weighted by Crippen LogP contribution is -2.21. The summed E-state index contributed by atoms with van der Waals surface area (Å²) in [6, 6.07) is 12.9. The molecule has 0 unspecified atom stereocenters. The van der Waals surface area contributed by atoms with Gasteiger partial charge in [-0.15, -0.1) is 0 Å². The van der Waals surface area contributed by atoms with Crippen molar-refractivity contribution in [1.29, 1.82) is 0 Å². The maximum Gasteiger partial charge on any atom is 0.261 e. The Labute approximate surface area is 124 Å². The molecule has 2 aromatic carbocycles. The third-order valence-corrected chi connectivity index (χ3v) is 3.89. The van der Waals surface area contributed by atoms with Crippen LogP contribution in [0.4, 0.5) is 5.69 Å². The Balaban J connectivity index is 2.07. The number of aromatic nitrogens is 2. The first-order valence-electron chi connectivity index (χ1n) is 6.13. The number of rotatable bonds is 2. The van der Waals surface area contributed by atoms with E-state index in [1.54, 1.807) is 17.0 Å². The molecule has 5 heteroatoms. The maximum atomic E-state index is 12.4. The van der Waals surface area contributed by atoms with E-state index in [-0.39, 0.29) is 5.56 Å². The number of anilines is 1. The van der Waals surface area contributed by atoms with Gasteiger partial charge in [0.25, 0.3) is 5.56 Å². The predicted molar refractivity (Wildman–Crippen MR) is 83.7 cm³/mol. The molecule has 0 aliphatic carbocycles. The molecule has 0 radical (unpaired) electrons. The Hall–Kier alpha value is -2.14. The highest BCUT2D eigenvalue weighted by atomic mass is 79.9. The Morgan fingerprint density at radius 1 is 1.20 bits per heavy atom. The van der Waals surface area contributed by atoms with Crippen LogP contribution in [0, 0.1) is 0 Å². The lowest BCUT2D eigenvalue weighted by atomic mass is 10.2. The molecule has 0 spiro atoms. The number of para-hydroxylation sites is 1. The zero-order chi connectivity index (χ0) is 14.1. The number of fused-ring (bicyclic) bond motifs is 1. The Bertz CT molecular complexity index is 842. The molecule has 1 heterocycles. The molecule has 0 amide bonds. The van der Waals surface area contributed by atoms with Crippen molar-refractivity contribution in [1.82, 2.24) is 9.55 Å². The number of hydrogen-bond acceptors (Lipinski definition) is 3. The number of halogens is 1. The van der Waals surface area contributed by atoms with Crippen LogP contribution in [0.1, 0.15) is 5.56 Å². The molecule has 100 valence electrons. The van der Waals surface area contributed by atoms with E-state index >= 15 is 0 Å². The van der Waals surface area contributed by atoms with Crippen molar-refractivity contribution >= 4 is 32.5 Å². The SMILES string of the molecule is Nc1ccc(Cn2cnc3ccccc3c2=O)c(Br)c1. The first-order valence-corrected chi connectivity index (χ1v) is 6.92. The first-order chi connectivity index (χ1) is 9.65. The lowest BCUT2D eigenvalue weighted by molar-refractivity contribution is 0.746. The van der Waals surface area contributed by atoms with Crippen molar-refractivity contribution in [3.8, 4) is 0 Å². The van der Waals surface area contributed by atoms with Gasteiger partial charge in [0.15, 0.2) is 0 Å². The summed E-state index contributed by atoms with van der Waals surface area (Å²) in [7, 11) is 0. The van der Waals surface area contributed by atoms with Gasteiger partial charge in [0.05, 0.1) is 23.8 Å². The topological polar surface area (TPSA) is 60.9 Å². The van der Waals surface area contributed by atoms with E-state index in [1.807, 2.05) is 36.4 Å². The molecule has 0 bridgehead atoms. The minimum absolute atomic E-state index is 0.0423. The smallest absolute Gasteiger partial charge is 0.261 e. The van der Waals surface area contributed by atoms with Gasteiger partial charge in [0.1, 0.15) is 0 Å². The maximum absolute atomic E-state index is 12.4. The highest BCUT2D eigenvalue weighted by Gasteiger charge is 2.06. The van der Waals surface area contributed by atoms with Gasteiger partial charge < -0.3 is 5.73 Å². The average Bonchev–Trinajstić information content (AvgIpc) is 2.45. The van der Waals surface area contributed by atoms with Crippen molar-refractivity contribution in [2.24, 2.45) is 0 Å². The molecular weight excluding hydrogens is 318 g/mol. The lowest BCUT2D eigenvalue weighted by Gasteiger charge is -2.09. The summed E-state index contributed by atoms with van der Waals surface area (Å²) < 4.78 is 2.48. The molecule has 0 fully saturated rings. The van der Waals surface area contributed by atoms with Crippen LogP contribution in [0.2, 0.25) is 0 Å². The molecule has 0 aliphatic rings. The Morgan fingerprint density at radius 3 is 2.80 bits per heavy atom. The van der Waals surface area contributed by atoms with Gasteiger partial charge in [0, 0.05) is 10.2 Å². The fourth-order valence-electron chi connectivity index (χ4n) is 2.09. The molecule has 20 heavy (non-hydrogen) atoms. The highest BCUT2D eigenvalue weighted by molar-refractivity contribution is 9.10. The molecule has 1 aromatic heterocycles.